The van der Waals surface area contributed by atoms with Crippen LogP contribution in [0.4, 0.5) is 0 Å². The van der Waals surface area contributed by atoms with Crippen molar-refractivity contribution >= 4 is 11.9 Å². The molecule has 158 valence electrons. The maximum atomic E-state index is 13.3. The largest absolute Gasteiger partial charge is 0.493 e. The van der Waals surface area contributed by atoms with Crippen LogP contribution in [0, 0.1) is 11.8 Å². The SMILES string of the molecule is CCOC(=O)[C@H]1[C@@H]2COc3c(OC)cccc3[C@H]2N[C@]1(C(=O)OC)c1ccccc1. The van der Waals surface area contributed by atoms with Gasteiger partial charge in [0.15, 0.2) is 17.0 Å². The highest BCUT2D eigenvalue weighted by Crippen LogP contribution is 2.54. The first-order valence-corrected chi connectivity index (χ1v) is 9.96. The Labute approximate surface area is 175 Å². The van der Waals surface area contributed by atoms with Crippen LogP contribution in [-0.2, 0) is 24.6 Å². The zero-order valence-corrected chi connectivity index (χ0v) is 17.2. The third-order valence-corrected chi connectivity index (χ3v) is 5.97. The first kappa shape index (κ1) is 20.2. The Bertz CT molecular complexity index is 946. The quantitative estimate of drug-likeness (QED) is 0.757. The molecule has 2 heterocycles. The van der Waals surface area contributed by atoms with Gasteiger partial charge in [0.25, 0.3) is 0 Å². The van der Waals surface area contributed by atoms with E-state index in [9.17, 15) is 9.59 Å². The Balaban J connectivity index is 1.91. The van der Waals surface area contributed by atoms with Crippen LogP contribution in [0.5, 0.6) is 11.5 Å². The topological polar surface area (TPSA) is 83.1 Å². The number of carbonyl (C=O) groups is 2. The van der Waals surface area contributed by atoms with Crippen molar-refractivity contribution in [2.24, 2.45) is 11.8 Å². The molecule has 1 saturated heterocycles. The summed E-state index contributed by atoms with van der Waals surface area (Å²) in [5.74, 6) is -0.923. The van der Waals surface area contributed by atoms with Crippen molar-refractivity contribution < 1.29 is 28.5 Å². The number of rotatable bonds is 5. The second-order valence-corrected chi connectivity index (χ2v) is 7.37. The summed E-state index contributed by atoms with van der Waals surface area (Å²) in [5.41, 5.74) is 0.0846. The Morgan fingerprint density at radius 3 is 2.57 bits per heavy atom. The number of para-hydroxylation sites is 1. The highest BCUT2D eigenvalue weighted by molar-refractivity contribution is 5.91. The van der Waals surface area contributed by atoms with Crippen LogP contribution in [0.25, 0.3) is 0 Å². The standard InChI is InChI=1S/C23H25NO6/c1-4-29-21(25)18-16-13-30-20-15(11-8-12-17(20)27-2)19(16)24-23(18,22(26)28-3)14-9-6-5-7-10-14/h5-12,16,18-19,24H,4,13H2,1-3H3/t16-,18+,19+,23+/m0/s1. The summed E-state index contributed by atoms with van der Waals surface area (Å²) < 4.78 is 22.1. The van der Waals surface area contributed by atoms with E-state index in [1.54, 1.807) is 14.0 Å². The number of methoxy groups -OCH3 is 2. The van der Waals surface area contributed by atoms with Crippen molar-refractivity contribution in [3.8, 4) is 11.5 Å². The van der Waals surface area contributed by atoms with E-state index in [1.165, 1.54) is 7.11 Å². The molecule has 1 N–H and O–H groups in total. The van der Waals surface area contributed by atoms with Gasteiger partial charge >= 0.3 is 11.9 Å². The first-order valence-electron chi connectivity index (χ1n) is 9.96. The second kappa shape index (κ2) is 7.99. The summed E-state index contributed by atoms with van der Waals surface area (Å²) in [4.78, 5) is 26.5. The molecule has 0 bridgehead atoms. The number of benzene rings is 2. The van der Waals surface area contributed by atoms with Crippen molar-refractivity contribution in [1.82, 2.24) is 5.32 Å². The average Bonchev–Trinajstić information content (AvgIpc) is 3.15. The summed E-state index contributed by atoms with van der Waals surface area (Å²) in [6, 6.07) is 14.5. The van der Waals surface area contributed by atoms with Gasteiger partial charge in [-0.2, -0.15) is 0 Å². The van der Waals surface area contributed by atoms with E-state index in [-0.39, 0.29) is 25.2 Å². The molecule has 2 aliphatic heterocycles. The molecule has 1 fully saturated rings. The number of carbonyl (C=O) groups excluding carboxylic acids is 2. The summed E-state index contributed by atoms with van der Waals surface area (Å²) in [5, 5.41) is 3.46. The van der Waals surface area contributed by atoms with Crippen molar-refractivity contribution in [2.75, 3.05) is 27.4 Å². The van der Waals surface area contributed by atoms with E-state index in [4.69, 9.17) is 18.9 Å². The van der Waals surface area contributed by atoms with Gasteiger partial charge in [0, 0.05) is 17.5 Å². The molecule has 0 amide bonds. The van der Waals surface area contributed by atoms with Crippen LogP contribution < -0.4 is 14.8 Å². The van der Waals surface area contributed by atoms with Gasteiger partial charge in [-0.05, 0) is 18.6 Å². The van der Waals surface area contributed by atoms with Gasteiger partial charge in [-0.3, -0.25) is 10.1 Å². The maximum absolute atomic E-state index is 13.3. The van der Waals surface area contributed by atoms with E-state index >= 15 is 0 Å². The predicted octanol–water partition coefficient (Wildman–Crippen LogP) is 2.60. The highest BCUT2D eigenvalue weighted by Gasteiger charge is 2.64. The lowest BCUT2D eigenvalue weighted by Gasteiger charge is -2.33. The lowest BCUT2D eigenvalue weighted by Crippen LogP contribution is -2.53. The Morgan fingerprint density at radius 2 is 1.90 bits per heavy atom. The molecule has 2 aromatic carbocycles. The van der Waals surface area contributed by atoms with E-state index in [0.29, 0.717) is 17.1 Å². The minimum atomic E-state index is -1.40. The van der Waals surface area contributed by atoms with Gasteiger partial charge in [0.05, 0.1) is 33.4 Å². The minimum absolute atomic E-state index is 0.212. The van der Waals surface area contributed by atoms with Gasteiger partial charge in [0.2, 0.25) is 0 Å². The molecule has 2 aromatic rings. The minimum Gasteiger partial charge on any atom is -0.493 e. The molecule has 0 spiro atoms. The normalized spacial score (nSPS) is 26.7. The lowest BCUT2D eigenvalue weighted by molar-refractivity contribution is -0.162. The smallest absolute Gasteiger partial charge is 0.331 e. The van der Waals surface area contributed by atoms with Crippen LogP contribution in [0.15, 0.2) is 48.5 Å². The molecule has 0 saturated carbocycles. The van der Waals surface area contributed by atoms with E-state index in [2.05, 4.69) is 5.32 Å². The molecule has 4 atom stereocenters. The zero-order valence-electron chi connectivity index (χ0n) is 17.2. The summed E-state index contributed by atoms with van der Waals surface area (Å²) in [7, 11) is 2.91. The van der Waals surface area contributed by atoms with Crippen LogP contribution in [0.3, 0.4) is 0 Å². The van der Waals surface area contributed by atoms with Crippen molar-refractivity contribution in [1.29, 1.82) is 0 Å². The summed E-state index contributed by atoms with van der Waals surface area (Å²) in [6.45, 7) is 2.20. The molecule has 0 radical (unpaired) electrons. The first-order chi connectivity index (χ1) is 14.6. The van der Waals surface area contributed by atoms with E-state index < -0.39 is 23.4 Å². The van der Waals surface area contributed by atoms with Crippen molar-refractivity contribution in [3.05, 3.63) is 59.7 Å². The van der Waals surface area contributed by atoms with Crippen LogP contribution >= 0.6 is 0 Å². The van der Waals surface area contributed by atoms with Crippen molar-refractivity contribution in [2.45, 2.75) is 18.5 Å². The number of ether oxygens (including phenoxy) is 4. The lowest BCUT2D eigenvalue weighted by atomic mass is 9.74. The fourth-order valence-electron chi connectivity index (χ4n) is 4.74. The van der Waals surface area contributed by atoms with E-state index in [1.807, 2.05) is 48.5 Å². The molecule has 30 heavy (non-hydrogen) atoms. The van der Waals surface area contributed by atoms with Crippen molar-refractivity contribution in [3.63, 3.8) is 0 Å². The van der Waals surface area contributed by atoms with E-state index in [0.717, 1.165) is 5.56 Å². The molecular formula is C23H25NO6. The number of fused-ring (bicyclic) bond motifs is 3. The van der Waals surface area contributed by atoms with Crippen LogP contribution in [-0.4, -0.2) is 39.4 Å². The molecule has 4 rings (SSSR count). The number of hydrogen-bond acceptors (Lipinski definition) is 7. The zero-order chi connectivity index (χ0) is 21.3. The number of nitrogens with one attached hydrogen (secondary N) is 1. The van der Waals surface area contributed by atoms with Crippen LogP contribution in [0.2, 0.25) is 0 Å². The molecule has 0 aromatic heterocycles. The van der Waals surface area contributed by atoms with Gasteiger partial charge in [-0.1, -0.05) is 42.5 Å². The maximum Gasteiger partial charge on any atom is 0.331 e. The number of esters is 2. The summed E-state index contributed by atoms with van der Waals surface area (Å²) in [6.07, 6.45) is 0. The second-order valence-electron chi connectivity index (χ2n) is 7.37. The monoisotopic (exact) mass is 411 g/mol. The highest BCUT2D eigenvalue weighted by atomic mass is 16.5. The number of hydrogen-bond donors (Lipinski definition) is 1. The molecule has 0 aliphatic carbocycles. The summed E-state index contributed by atoms with van der Waals surface area (Å²) >= 11 is 0. The Kier molecular flexibility index (Phi) is 5.39. The molecule has 7 heteroatoms. The molecule has 0 unspecified atom stereocenters. The fourth-order valence-corrected chi connectivity index (χ4v) is 4.74. The molecular weight excluding hydrogens is 386 g/mol. The predicted molar refractivity (Wildman–Crippen MR) is 108 cm³/mol. The third kappa shape index (κ3) is 2.92. The Morgan fingerprint density at radius 1 is 1.13 bits per heavy atom. The van der Waals surface area contributed by atoms with Crippen LogP contribution in [0.1, 0.15) is 24.1 Å². The van der Waals surface area contributed by atoms with Gasteiger partial charge in [-0.25, -0.2) is 4.79 Å². The molecule has 2 aliphatic rings. The Hall–Kier alpha value is -3.06. The molecule has 7 nitrogen and oxygen atoms in total. The fraction of sp³-hybridized carbons (Fsp3) is 0.391. The van der Waals surface area contributed by atoms with Gasteiger partial charge < -0.3 is 18.9 Å². The third-order valence-electron chi connectivity index (χ3n) is 5.97. The van der Waals surface area contributed by atoms with Gasteiger partial charge in [0.1, 0.15) is 0 Å². The average molecular weight is 411 g/mol. The van der Waals surface area contributed by atoms with Gasteiger partial charge in [-0.15, -0.1) is 0 Å².